The fourth-order valence-corrected chi connectivity index (χ4v) is 3.59. The van der Waals surface area contributed by atoms with Crippen molar-refractivity contribution in [3.63, 3.8) is 0 Å². The van der Waals surface area contributed by atoms with Gasteiger partial charge in [-0.25, -0.2) is 0 Å². The second-order valence-corrected chi connectivity index (χ2v) is 7.47. The van der Waals surface area contributed by atoms with Gasteiger partial charge in [-0.2, -0.15) is 0 Å². The van der Waals surface area contributed by atoms with Crippen molar-refractivity contribution in [1.29, 1.82) is 0 Å². The highest BCUT2D eigenvalue weighted by Gasteiger charge is 2.16. The van der Waals surface area contributed by atoms with Crippen LogP contribution in [0.4, 0.5) is 17.1 Å². The number of hydrogen-bond acceptors (Lipinski definition) is 5. The minimum absolute atomic E-state index is 0.0927. The van der Waals surface area contributed by atoms with Crippen LogP contribution in [-0.2, 0) is 4.79 Å². The number of carbonyl (C=O) groups excluding carboxylic acids is 1. The van der Waals surface area contributed by atoms with Crippen molar-refractivity contribution in [2.45, 2.75) is 39.2 Å². The van der Waals surface area contributed by atoms with Gasteiger partial charge in [-0.3, -0.25) is 4.79 Å². The number of nitrogens with zero attached hydrogens (tertiary/aromatic N) is 1. The molecule has 0 bridgehead atoms. The average Bonchev–Trinajstić information content (AvgIpc) is 2.75. The third-order valence-corrected chi connectivity index (χ3v) is 5.35. The third kappa shape index (κ3) is 5.13. The quantitative estimate of drug-likeness (QED) is 0.723. The Balaban J connectivity index is 1.62. The van der Waals surface area contributed by atoms with Crippen molar-refractivity contribution < 1.29 is 14.3 Å². The molecule has 156 valence electrons. The number of hydrogen-bond donors (Lipinski definition) is 2. The van der Waals surface area contributed by atoms with Crippen LogP contribution in [0.25, 0.3) is 0 Å². The molecule has 3 rings (SSSR count). The van der Waals surface area contributed by atoms with Crippen molar-refractivity contribution in [2.24, 2.45) is 0 Å². The van der Waals surface area contributed by atoms with Gasteiger partial charge >= 0.3 is 0 Å². The average molecular weight is 398 g/mol. The van der Waals surface area contributed by atoms with Gasteiger partial charge in [-0.1, -0.05) is 0 Å². The predicted octanol–water partition coefficient (Wildman–Crippen LogP) is 4.44. The smallest absolute Gasteiger partial charge is 0.246 e. The van der Waals surface area contributed by atoms with Crippen LogP contribution in [0.5, 0.6) is 11.5 Å². The molecule has 6 heteroatoms. The van der Waals surface area contributed by atoms with E-state index in [1.165, 1.54) is 24.9 Å². The summed E-state index contributed by atoms with van der Waals surface area (Å²) in [7, 11) is 3.21. The van der Waals surface area contributed by atoms with Gasteiger partial charge < -0.3 is 25.0 Å². The number of nitrogens with one attached hydrogen (secondary N) is 2. The summed E-state index contributed by atoms with van der Waals surface area (Å²) in [5.74, 6) is 1.20. The minimum atomic E-state index is -0.409. The molecule has 0 aliphatic carbocycles. The SMILES string of the molecule is COc1cc(C)c(N[C@@H](C)C(=O)Nc2ccc(N3CCCCC3)cc2)cc1OC. The molecule has 1 heterocycles. The van der Waals surface area contributed by atoms with E-state index in [-0.39, 0.29) is 5.91 Å². The summed E-state index contributed by atoms with van der Waals surface area (Å²) in [6, 6.07) is 11.4. The lowest BCUT2D eigenvalue weighted by Gasteiger charge is -2.28. The van der Waals surface area contributed by atoms with Crippen molar-refractivity contribution in [2.75, 3.05) is 42.8 Å². The molecular weight excluding hydrogens is 366 g/mol. The summed E-state index contributed by atoms with van der Waals surface area (Å²) in [6.45, 7) is 6.02. The lowest BCUT2D eigenvalue weighted by atomic mass is 10.1. The first-order chi connectivity index (χ1) is 14.0. The zero-order valence-corrected chi connectivity index (χ0v) is 17.7. The molecule has 1 aliphatic rings. The van der Waals surface area contributed by atoms with Crippen LogP contribution in [0, 0.1) is 6.92 Å². The van der Waals surface area contributed by atoms with Crippen LogP contribution < -0.4 is 25.0 Å². The Bertz CT molecular complexity index is 830. The topological polar surface area (TPSA) is 62.8 Å². The minimum Gasteiger partial charge on any atom is -0.493 e. The van der Waals surface area contributed by atoms with Gasteiger partial charge in [0.25, 0.3) is 0 Å². The Morgan fingerprint density at radius 2 is 1.62 bits per heavy atom. The monoisotopic (exact) mass is 397 g/mol. The van der Waals surface area contributed by atoms with Gasteiger partial charge in [-0.15, -0.1) is 0 Å². The lowest BCUT2D eigenvalue weighted by Crippen LogP contribution is -2.32. The van der Waals surface area contributed by atoms with E-state index in [1.54, 1.807) is 14.2 Å². The number of amides is 1. The van der Waals surface area contributed by atoms with Crippen LogP contribution in [0.15, 0.2) is 36.4 Å². The van der Waals surface area contributed by atoms with Crippen LogP contribution >= 0.6 is 0 Å². The van der Waals surface area contributed by atoms with E-state index in [0.717, 1.165) is 30.0 Å². The molecular formula is C23H31N3O3. The summed E-state index contributed by atoms with van der Waals surface area (Å²) in [5, 5.41) is 6.25. The van der Waals surface area contributed by atoms with Crippen LogP contribution in [-0.4, -0.2) is 39.3 Å². The van der Waals surface area contributed by atoms with E-state index in [1.807, 2.05) is 38.1 Å². The van der Waals surface area contributed by atoms with Gasteiger partial charge in [0.05, 0.1) is 14.2 Å². The number of ether oxygens (including phenoxy) is 2. The second kappa shape index (κ2) is 9.54. The highest BCUT2D eigenvalue weighted by molar-refractivity contribution is 5.96. The van der Waals surface area contributed by atoms with Crippen molar-refractivity contribution in [3.05, 3.63) is 42.0 Å². The molecule has 1 aliphatic heterocycles. The summed E-state index contributed by atoms with van der Waals surface area (Å²) in [5.41, 5.74) is 3.84. The molecule has 1 amide bonds. The fourth-order valence-electron chi connectivity index (χ4n) is 3.59. The molecule has 2 N–H and O–H groups in total. The van der Waals surface area contributed by atoms with E-state index in [2.05, 4.69) is 27.7 Å². The van der Waals surface area contributed by atoms with E-state index in [9.17, 15) is 4.79 Å². The van der Waals surface area contributed by atoms with E-state index >= 15 is 0 Å². The van der Waals surface area contributed by atoms with E-state index in [4.69, 9.17) is 9.47 Å². The number of anilines is 3. The highest BCUT2D eigenvalue weighted by atomic mass is 16.5. The lowest BCUT2D eigenvalue weighted by molar-refractivity contribution is -0.116. The van der Waals surface area contributed by atoms with Crippen LogP contribution in [0.3, 0.4) is 0 Å². The van der Waals surface area contributed by atoms with Gasteiger partial charge in [0.1, 0.15) is 6.04 Å². The Labute approximate surface area is 173 Å². The fraction of sp³-hybridized carbons (Fsp3) is 0.435. The van der Waals surface area contributed by atoms with E-state index < -0.39 is 6.04 Å². The molecule has 29 heavy (non-hydrogen) atoms. The summed E-state index contributed by atoms with van der Waals surface area (Å²) in [4.78, 5) is 15.1. The molecule has 0 unspecified atom stereocenters. The molecule has 2 aromatic carbocycles. The van der Waals surface area contributed by atoms with Crippen molar-refractivity contribution in [3.8, 4) is 11.5 Å². The van der Waals surface area contributed by atoms with Crippen molar-refractivity contribution >= 4 is 23.0 Å². The molecule has 1 atom stereocenters. The normalized spacial score (nSPS) is 14.8. The van der Waals surface area contributed by atoms with Gasteiger partial charge in [-0.05, 0) is 69.0 Å². The predicted molar refractivity (Wildman–Crippen MR) is 119 cm³/mol. The summed E-state index contributed by atoms with van der Waals surface area (Å²) < 4.78 is 10.7. The van der Waals surface area contributed by atoms with Crippen molar-refractivity contribution in [1.82, 2.24) is 0 Å². The molecule has 0 aromatic heterocycles. The Hall–Kier alpha value is -2.89. The Morgan fingerprint density at radius 1 is 1.00 bits per heavy atom. The van der Waals surface area contributed by atoms with Crippen LogP contribution in [0.2, 0.25) is 0 Å². The first-order valence-corrected chi connectivity index (χ1v) is 10.2. The standard InChI is InChI=1S/C23H31N3O3/c1-16-14-21(28-3)22(29-4)15-20(16)24-17(2)23(27)25-18-8-10-19(11-9-18)26-12-6-5-7-13-26/h8-11,14-15,17,24H,5-7,12-13H2,1-4H3,(H,25,27)/t17-/m0/s1. The Morgan fingerprint density at radius 3 is 2.24 bits per heavy atom. The maximum absolute atomic E-state index is 12.7. The van der Waals surface area contributed by atoms with Gasteiger partial charge in [0, 0.05) is 36.2 Å². The number of aryl methyl sites for hydroxylation is 1. The molecule has 0 spiro atoms. The number of carbonyl (C=O) groups is 1. The van der Waals surface area contributed by atoms with Gasteiger partial charge in [0.2, 0.25) is 5.91 Å². The molecule has 1 saturated heterocycles. The zero-order valence-electron chi connectivity index (χ0n) is 17.7. The maximum atomic E-state index is 12.7. The third-order valence-electron chi connectivity index (χ3n) is 5.35. The number of methoxy groups -OCH3 is 2. The van der Waals surface area contributed by atoms with Crippen LogP contribution in [0.1, 0.15) is 31.7 Å². The zero-order chi connectivity index (χ0) is 20.8. The summed E-state index contributed by atoms with van der Waals surface area (Å²) >= 11 is 0. The number of rotatable bonds is 7. The van der Waals surface area contributed by atoms with Gasteiger partial charge in [0.15, 0.2) is 11.5 Å². The summed E-state index contributed by atoms with van der Waals surface area (Å²) in [6.07, 6.45) is 3.81. The second-order valence-electron chi connectivity index (χ2n) is 7.47. The first-order valence-electron chi connectivity index (χ1n) is 10.2. The first kappa shape index (κ1) is 20.8. The number of benzene rings is 2. The molecule has 0 saturated carbocycles. The highest BCUT2D eigenvalue weighted by Crippen LogP contribution is 2.33. The van der Waals surface area contributed by atoms with E-state index in [0.29, 0.717) is 11.5 Å². The largest absolute Gasteiger partial charge is 0.493 e. The number of piperidine rings is 1. The Kier molecular flexibility index (Phi) is 6.86. The molecule has 2 aromatic rings. The molecule has 0 radical (unpaired) electrons. The molecule has 1 fully saturated rings. The maximum Gasteiger partial charge on any atom is 0.246 e. The molecule has 6 nitrogen and oxygen atoms in total.